The highest BCUT2D eigenvalue weighted by molar-refractivity contribution is 6.32. The Morgan fingerprint density at radius 2 is 2.17 bits per heavy atom. The van der Waals surface area contributed by atoms with Gasteiger partial charge in [0.1, 0.15) is 10.8 Å². The minimum atomic E-state index is 0.257. The van der Waals surface area contributed by atoms with E-state index in [-0.39, 0.29) is 6.61 Å². The highest BCUT2D eigenvalue weighted by Crippen LogP contribution is 2.24. The Balaban J connectivity index is 2.59. The SMILES string of the molecule is COCc1nn(-c2ccccc2C)c(Cl)c1C=O. The van der Waals surface area contributed by atoms with Gasteiger partial charge in [0.05, 0.1) is 17.9 Å². The molecule has 0 aliphatic rings. The van der Waals surface area contributed by atoms with E-state index in [1.165, 1.54) is 0 Å². The molecule has 1 aromatic heterocycles. The summed E-state index contributed by atoms with van der Waals surface area (Å²) in [7, 11) is 1.55. The van der Waals surface area contributed by atoms with E-state index in [9.17, 15) is 4.79 Å². The lowest BCUT2D eigenvalue weighted by molar-refractivity contribution is 0.111. The van der Waals surface area contributed by atoms with Crippen LogP contribution in [0.2, 0.25) is 5.15 Å². The Morgan fingerprint density at radius 3 is 2.78 bits per heavy atom. The molecule has 0 radical (unpaired) electrons. The molecule has 0 N–H and O–H groups in total. The van der Waals surface area contributed by atoms with Crippen LogP contribution in [0.4, 0.5) is 0 Å². The number of para-hydroxylation sites is 1. The van der Waals surface area contributed by atoms with E-state index in [1.54, 1.807) is 11.8 Å². The van der Waals surface area contributed by atoms with Gasteiger partial charge in [-0.1, -0.05) is 29.8 Å². The maximum absolute atomic E-state index is 11.1. The average Bonchev–Trinajstić information content (AvgIpc) is 2.67. The Morgan fingerprint density at radius 1 is 1.44 bits per heavy atom. The summed E-state index contributed by atoms with van der Waals surface area (Å²) in [6, 6.07) is 7.70. The summed E-state index contributed by atoms with van der Waals surface area (Å²) in [6.07, 6.45) is 0.707. The molecule has 0 saturated heterocycles. The monoisotopic (exact) mass is 264 g/mol. The second-order valence-corrected chi connectivity index (χ2v) is 4.26. The summed E-state index contributed by atoms with van der Waals surface area (Å²) in [4.78, 5) is 11.1. The number of benzene rings is 1. The number of methoxy groups -OCH3 is 1. The van der Waals surface area contributed by atoms with Gasteiger partial charge >= 0.3 is 0 Å². The predicted octanol–water partition coefficient (Wildman–Crippen LogP) is 2.79. The van der Waals surface area contributed by atoms with Gasteiger partial charge in [-0.2, -0.15) is 5.10 Å². The molecule has 0 aliphatic heterocycles. The minimum Gasteiger partial charge on any atom is -0.378 e. The summed E-state index contributed by atoms with van der Waals surface area (Å²) in [6.45, 7) is 2.22. The van der Waals surface area contributed by atoms with E-state index in [4.69, 9.17) is 16.3 Å². The number of aryl methyl sites for hydroxylation is 1. The van der Waals surface area contributed by atoms with Gasteiger partial charge in [-0.25, -0.2) is 4.68 Å². The number of carbonyl (C=O) groups is 1. The standard InChI is InChI=1S/C13H13ClN2O2/c1-9-5-3-4-6-12(9)16-13(14)10(7-17)11(15-16)8-18-2/h3-7H,8H2,1-2H3. The molecule has 0 spiro atoms. The van der Waals surface area contributed by atoms with Crippen molar-refractivity contribution in [1.29, 1.82) is 0 Å². The van der Waals surface area contributed by atoms with E-state index in [1.807, 2.05) is 31.2 Å². The van der Waals surface area contributed by atoms with Crippen molar-refractivity contribution in [3.05, 3.63) is 46.2 Å². The first-order valence-electron chi connectivity index (χ1n) is 5.46. The van der Waals surface area contributed by atoms with Gasteiger partial charge in [0.2, 0.25) is 0 Å². The van der Waals surface area contributed by atoms with Crippen LogP contribution in [0, 0.1) is 6.92 Å². The van der Waals surface area contributed by atoms with Crippen LogP contribution in [0.15, 0.2) is 24.3 Å². The first kappa shape index (κ1) is 12.8. The molecule has 0 fully saturated rings. The number of hydrogen-bond donors (Lipinski definition) is 0. The Labute approximate surface area is 110 Å². The second-order valence-electron chi connectivity index (χ2n) is 3.90. The number of ether oxygens (including phenoxy) is 1. The molecule has 94 valence electrons. The molecule has 4 nitrogen and oxygen atoms in total. The molecule has 0 unspecified atom stereocenters. The van der Waals surface area contributed by atoms with Gasteiger partial charge in [0.25, 0.3) is 0 Å². The maximum atomic E-state index is 11.1. The Bertz CT molecular complexity index is 578. The molecule has 0 bridgehead atoms. The topological polar surface area (TPSA) is 44.1 Å². The number of aromatic nitrogens is 2. The lowest BCUT2D eigenvalue weighted by Crippen LogP contribution is -2.00. The number of hydrogen-bond acceptors (Lipinski definition) is 3. The molecular weight excluding hydrogens is 252 g/mol. The van der Waals surface area contributed by atoms with Gasteiger partial charge in [-0.3, -0.25) is 4.79 Å². The molecule has 5 heteroatoms. The number of carbonyl (C=O) groups excluding carboxylic acids is 1. The van der Waals surface area contributed by atoms with Gasteiger partial charge < -0.3 is 4.74 Å². The van der Waals surface area contributed by atoms with Crippen molar-refractivity contribution in [1.82, 2.24) is 9.78 Å². The van der Waals surface area contributed by atoms with Crippen molar-refractivity contribution in [2.75, 3.05) is 7.11 Å². The molecule has 0 amide bonds. The summed E-state index contributed by atoms with van der Waals surface area (Å²) >= 11 is 6.19. The third-order valence-electron chi connectivity index (χ3n) is 2.68. The van der Waals surface area contributed by atoms with E-state index >= 15 is 0 Å². The lowest BCUT2D eigenvalue weighted by Gasteiger charge is -2.06. The average molecular weight is 265 g/mol. The summed E-state index contributed by atoms with van der Waals surface area (Å²) in [5, 5.41) is 4.64. The van der Waals surface area contributed by atoms with Crippen LogP contribution in [0.3, 0.4) is 0 Å². The molecule has 0 aliphatic carbocycles. The van der Waals surface area contributed by atoms with Crippen molar-refractivity contribution >= 4 is 17.9 Å². The third-order valence-corrected chi connectivity index (χ3v) is 3.05. The molecule has 18 heavy (non-hydrogen) atoms. The zero-order chi connectivity index (χ0) is 13.1. The van der Waals surface area contributed by atoms with Crippen molar-refractivity contribution in [2.24, 2.45) is 0 Å². The quantitative estimate of drug-likeness (QED) is 0.798. The first-order chi connectivity index (χ1) is 8.69. The minimum absolute atomic E-state index is 0.257. The third kappa shape index (κ3) is 2.17. The lowest BCUT2D eigenvalue weighted by atomic mass is 10.2. The van der Waals surface area contributed by atoms with E-state index < -0.39 is 0 Å². The highest BCUT2D eigenvalue weighted by Gasteiger charge is 2.17. The molecule has 2 rings (SSSR count). The second kappa shape index (κ2) is 5.33. The van der Waals surface area contributed by atoms with Crippen LogP contribution >= 0.6 is 11.6 Å². The molecule has 2 aromatic rings. The van der Waals surface area contributed by atoms with E-state index in [0.29, 0.717) is 22.7 Å². The van der Waals surface area contributed by atoms with E-state index in [2.05, 4.69) is 5.10 Å². The van der Waals surface area contributed by atoms with E-state index in [0.717, 1.165) is 11.3 Å². The first-order valence-corrected chi connectivity index (χ1v) is 5.84. The van der Waals surface area contributed by atoms with Gasteiger partial charge in [-0.05, 0) is 18.6 Å². The Hall–Kier alpha value is -1.65. The zero-order valence-corrected chi connectivity index (χ0v) is 10.9. The molecule has 1 aromatic carbocycles. The van der Waals surface area contributed by atoms with Crippen LogP contribution in [-0.2, 0) is 11.3 Å². The van der Waals surface area contributed by atoms with Gasteiger partial charge in [0, 0.05) is 7.11 Å². The van der Waals surface area contributed by atoms with Crippen molar-refractivity contribution in [3.63, 3.8) is 0 Å². The summed E-state index contributed by atoms with van der Waals surface area (Å²) in [5.74, 6) is 0. The number of nitrogens with zero attached hydrogens (tertiary/aromatic N) is 2. The van der Waals surface area contributed by atoms with Crippen LogP contribution in [-0.4, -0.2) is 23.2 Å². The van der Waals surface area contributed by atoms with Crippen LogP contribution in [0.1, 0.15) is 21.6 Å². The smallest absolute Gasteiger partial charge is 0.155 e. The largest absolute Gasteiger partial charge is 0.378 e. The molecule has 0 saturated carbocycles. The fourth-order valence-electron chi connectivity index (χ4n) is 1.77. The number of rotatable bonds is 4. The zero-order valence-electron chi connectivity index (χ0n) is 10.2. The molecule has 0 atom stereocenters. The number of halogens is 1. The normalized spacial score (nSPS) is 10.6. The molecular formula is C13H13ClN2O2. The summed E-state index contributed by atoms with van der Waals surface area (Å²) < 4.78 is 6.58. The maximum Gasteiger partial charge on any atom is 0.155 e. The highest BCUT2D eigenvalue weighted by atomic mass is 35.5. The van der Waals surface area contributed by atoms with Crippen LogP contribution < -0.4 is 0 Å². The van der Waals surface area contributed by atoms with Crippen molar-refractivity contribution in [2.45, 2.75) is 13.5 Å². The van der Waals surface area contributed by atoms with Crippen molar-refractivity contribution in [3.8, 4) is 5.69 Å². The predicted molar refractivity (Wildman–Crippen MR) is 69.4 cm³/mol. The van der Waals surface area contributed by atoms with Gasteiger partial charge in [-0.15, -0.1) is 0 Å². The van der Waals surface area contributed by atoms with Crippen LogP contribution in [0.25, 0.3) is 5.69 Å². The molecule has 1 heterocycles. The van der Waals surface area contributed by atoms with Crippen molar-refractivity contribution < 1.29 is 9.53 Å². The number of aldehydes is 1. The van der Waals surface area contributed by atoms with Crippen LogP contribution in [0.5, 0.6) is 0 Å². The summed E-state index contributed by atoms with van der Waals surface area (Å²) in [5.41, 5.74) is 2.80. The Kier molecular flexibility index (Phi) is 3.79. The fraction of sp³-hybridized carbons (Fsp3) is 0.231. The fourth-order valence-corrected chi connectivity index (χ4v) is 2.05. The van der Waals surface area contributed by atoms with Gasteiger partial charge in [0.15, 0.2) is 6.29 Å².